The van der Waals surface area contributed by atoms with Crippen molar-refractivity contribution < 1.29 is 14.2 Å². The first kappa shape index (κ1) is 20.3. The molecule has 1 aromatic heterocycles. The normalized spacial score (nSPS) is 10.4. The van der Waals surface area contributed by atoms with E-state index in [4.69, 9.17) is 14.2 Å². The quantitative estimate of drug-likeness (QED) is 0.565. The minimum absolute atomic E-state index is 0.468. The number of anilines is 4. The molecular weight excluding hydrogens is 368 g/mol. The van der Waals surface area contributed by atoms with Crippen LogP contribution < -0.4 is 24.8 Å². The molecule has 2 N–H and O–H groups in total. The van der Waals surface area contributed by atoms with Crippen molar-refractivity contribution in [3.63, 3.8) is 0 Å². The molecule has 3 rings (SSSR count). The topological polar surface area (TPSA) is 77.5 Å². The van der Waals surface area contributed by atoms with E-state index < -0.39 is 0 Å². The zero-order chi connectivity index (χ0) is 20.8. The van der Waals surface area contributed by atoms with Crippen LogP contribution in [0.2, 0.25) is 0 Å². The standard InChI is InChI=1S/C22H26N4O3/c1-6-15-9-7-8-10-17(15)25-20-11-14(2)23-22(26-20)24-16-12-18(27-3)21(29-5)19(13-16)28-4/h7-13H,6H2,1-5H3,(H2,23,24,25,26). The van der Waals surface area contributed by atoms with Gasteiger partial charge >= 0.3 is 0 Å². The molecule has 0 aliphatic rings. The van der Waals surface area contributed by atoms with Crippen molar-refractivity contribution in [2.75, 3.05) is 32.0 Å². The fourth-order valence-electron chi connectivity index (χ4n) is 3.06. The van der Waals surface area contributed by atoms with Crippen molar-refractivity contribution in [3.05, 3.63) is 53.7 Å². The van der Waals surface area contributed by atoms with E-state index in [-0.39, 0.29) is 0 Å². The minimum atomic E-state index is 0.468. The van der Waals surface area contributed by atoms with E-state index in [0.717, 1.165) is 23.5 Å². The zero-order valence-corrected chi connectivity index (χ0v) is 17.4. The van der Waals surface area contributed by atoms with Crippen LogP contribution >= 0.6 is 0 Å². The lowest BCUT2D eigenvalue weighted by atomic mass is 10.1. The number of nitrogens with one attached hydrogen (secondary N) is 2. The predicted molar refractivity (Wildman–Crippen MR) is 115 cm³/mol. The Hall–Kier alpha value is -3.48. The highest BCUT2D eigenvalue weighted by Gasteiger charge is 2.14. The lowest BCUT2D eigenvalue weighted by Gasteiger charge is -2.15. The van der Waals surface area contributed by atoms with Gasteiger partial charge in [-0.05, 0) is 25.0 Å². The van der Waals surface area contributed by atoms with Crippen molar-refractivity contribution >= 4 is 23.1 Å². The zero-order valence-electron chi connectivity index (χ0n) is 17.4. The Balaban J connectivity index is 1.91. The second-order valence-electron chi connectivity index (χ2n) is 6.39. The van der Waals surface area contributed by atoms with Crippen molar-refractivity contribution in [2.24, 2.45) is 0 Å². The van der Waals surface area contributed by atoms with Crippen LogP contribution in [0.25, 0.3) is 0 Å². The number of aryl methyl sites for hydroxylation is 2. The molecule has 0 spiro atoms. The molecule has 0 saturated carbocycles. The third-order valence-electron chi connectivity index (χ3n) is 4.44. The van der Waals surface area contributed by atoms with Gasteiger partial charge in [-0.15, -0.1) is 0 Å². The number of aromatic nitrogens is 2. The molecule has 152 valence electrons. The van der Waals surface area contributed by atoms with Crippen molar-refractivity contribution in [1.82, 2.24) is 9.97 Å². The number of hydrogen-bond donors (Lipinski definition) is 2. The summed E-state index contributed by atoms with van der Waals surface area (Å²) < 4.78 is 16.2. The third kappa shape index (κ3) is 4.68. The summed E-state index contributed by atoms with van der Waals surface area (Å²) in [5.74, 6) is 2.82. The van der Waals surface area contributed by atoms with E-state index in [2.05, 4.69) is 33.6 Å². The molecule has 29 heavy (non-hydrogen) atoms. The summed E-state index contributed by atoms with van der Waals surface area (Å²) in [5.41, 5.74) is 3.83. The highest BCUT2D eigenvalue weighted by molar-refractivity contribution is 5.67. The second-order valence-corrected chi connectivity index (χ2v) is 6.39. The molecule has 0 saturated heterocycles. The van der Waals surface area contributed by atoms with Gasteiger partial charge in [0.05, 0.1) is 21.3 Å². The molecule has 7 nitrogen and oxygen atoms in total. The van der Waals surface area contributed by atoms with Gasteiger partial charge in [0.2, 0.25) is 11.7 Å². The number of nitrogens with zero attached hydrogens (tertiary/aromatic N) is 2. The first-order chi connectivity index (χ1) is 14.1. The van der Waals surface area contributed by atoms with Crippen LogP contribution in [0.3, 0.4) is 0 Å². The van der Waals surface area contributed by atoms with Gasteiger partial charge in [0.25, 0.3) is 0 Å². The van der Waals surface area contributed by atoms with Gasteiger partial charge in [0, 0.05) is 35.3 Å². The Morgan fingerprint density at radius 2 is 1.55 bits per heavy atom. The van der Waals surface area contributed by atoms with Crippen LogP contribution in [-0.4, -0.2) is 31.3 Å². The highest BCUT2D eigenvalue weighted by atomic mass is 16.5. The lowest BCUT2D eigenvalue weighted by Crippen LogP contribution is -2.04. The lowest BCUT2D eigenvalue weighted by molar-refractivity contribution is 0.324. The van der Waals surface area contributed by atoms with Gasteiger partial charge in [-0.3, -0.25) is 0 Å². The number of rotatable bonds is 8. The van der Waals surface area contributed by atoms with Gasteiger partial charge in [0.15, 0.2) is 11.5 Å². The maximum absolute atomic E-state index is 5.41. The molecule has 0 unspecified atom stereocenters. The van der Waals surface area contributed by atoms with Crippen LogP contribution in [0.1, 0.15) is 18.2 Å². The first-order valence-corrected chi connectivity index (χ1v) is 9.35. The smallest absolute Gasteiger partial charge is 0.229 e. The van der Waals surface area contributed by atoms with Crippen molar-refractivity contribution in [2.45, 2.75) is 20.3 Å². The second kappa shape index (κ2) is 9.14. The van der Waals surface area contributed by atoms with Crippen LogP contribution in [0.4, 0.5) is 23.1 Å². The molecule has 3 aromatic rings. The Morgan fingerprint density at radius 1 is 0.862 bits per heavy atom. The Labute approximate surface area is 171 Å². The molecule has 0 aliphatic heterocycles. The largest absolute Gasteiger partial charge is 0.493 e. The fourth-order valence-corrected chi connectivity index (χ4v) is 3.06. The molecule has 7 heteroatoms. The highest BCUT2D eigenvalue weighted by Crippen LogP contribution is 2.40. The maximum Gasteiger partial charge on any atom is 0.229 e. The van der Waals surface area contributed by atoms with E-state index in [1.54, 1.807) is 21.3 Å². The molecule has 0 fully saturated rings. The Bertz CT molecular complexity index is 967. The number of benzene rings is 2. The third-order valence-corrected chi connectivity index (χ3v) is 4.44. The summed E-state index contributed by atoms with van der Waals surface area (Å²) in [7, 11) is 4.73. The SMILES string of the molecule is CCc1ccccc1Nc1cc(C)nc(Nc2cc(OC)c(OC)c(OC)c2)n1. The summed E-state index contributed by atoms with van der Waals surface area (Å²) in [4.78, 5) is 9.10. The summed E-state index contributed by atoms with van der Waals surface area (Å²) in [6.07, 6.45) is 0.934. The van der Waals surface area contributed by atoms with E-state index >= 15 is 0 Å². The van der Waals surface area contributed by atoms with Crippen molar-refractivity contribution in [1.29, 1.82) is 0 Å². The van der Waals surface area contributed by atoms with Crippen LogP contribution in [0.5, 0.6) is 17.2 Å². The van der Waals surface area contributed by atoms with Gasteiger partial charge in [-0.1, -0.05) is 25.1 Å². The molecule has 1 heterocycles. The molecule has 0 aliphatic carbocycles. The van der Waals surface area contributed by atoms with E-state index in [1.165, 1.54) is 5.56 Å². The monoisotopic (exact) mass is 394 g/mol. The molecule has 0 radical (unpaired) electrons. The van der Waals surface area contributed by atoms with Gasteiger partial charge in [0.1, 0.15) is 5.82 Å². The maximum atomic E-state index is 5.41. The van der Waals surface area contributed by atoms with Crippen LogP contribution in [-0.2, 0) is 6.42 Å². The molecule has 0 atom stereocenters. The molecule has 0 bridgehead atoms. The number of hydrogen-bond acceptors (Lipinski definition) is 7. The van der Waals surface area contributed by atoms with Gasteiger partial charge in [-0.25, -0.2) is 4.98 Å². The van der Waals surface area contributed by atoms with E-state index in [0.29, 0.717) is 29.0 Å². The number of methoxy groups -OCH3 is 3. The Kier molecular flexibility index (Phi) is 6.39. The summed E-state index contributed by atoms with van der Waals surface area (Å²) in [6, 6.07) is 13.7. The van der Waals surface area contributed by atoms with Gasteiger partial charge < -0.3 is 24.8 Å². The van der Waals surface area contributed by atoms with E-state index in [9.17, 15) is 0 Å². The molecular formula is C22H26N4O3. The molecule has 2 aromatic carbocycles. The number of para-hydroxylation sites is 1. The molecule has 0 amide bonds. The average Bonchev–Trinajstić information content (AvgIpc) is 2.72. The average molecular weight is 394 g/mol. The summed E-state index contributed by atoms with van der Waals surface area (Å²) in [6.45, 7) is 4.06. The minimum Gasteiger partial charge on any atom is -0.493 e. The fraction of sp³-hybridized carbons (Fsp3) is 0.273. The van der Waals surface area contributed by atoms with Crippen molar-refractivity contribution in [3.8, 4) is 17.2 Å². The Morgan fingerprint density at radius 3 is 2.17 bits per heavy atom. The van der Waals surface area contributed by atoms with E-state index in [1.807, 2.05) is 43.3 Å². The van der Waals surface area contributed by atoms with Crippen LogP contribution in [0.15, 0.2) is 42.5 Å². The first-order valence-electron chi connectivity index (χ1n) is 9.35. The van der Waals surface area contributed by atoms with Gasteiger partial charge in [-0.2, -0.15) is 4.98 Å². The van der Waals surface area contributed by atoms with Crippen LogP contribution in [0, 0.1) is 6.92 Å². The number of ether oxygens (including phenoxy) is 3. The summed E-state index contributed by atoms with van der Waals surface area (Å²) in [5, 5.41) is 6.62. The predicted octanol–water partition coefficient (Wildman–Crippen LogP) is 4.86. The summed E-state index contributed by atoms with van der Waals surface area (Å²) >= 11 is 0.